The molecule has 0 saturated heterocycles. The largest absolute Gasteiger partial charge is 0.488 e. The zero-order valence-corrected chi connectivity index (χ0v) is 23.5. The predicted molar refractivity (Wildman–Crippen MR) is 181 cm³/mol. The lowest BCUT2D eigenvalue weighted by Crippen LogP contribution is -2.00. The number of hydrogen-bond donors (Lipinski definition) is 0. The van der Waals surface area contributed by atoms with Gasteiger partial charge in [0.2, 0.25) is 0 Å². The van der Waals surface area contributed by atoms with Crippen LogP contribution in [0, 0.1) is 24.2 Å². The first kappa shape index (κ1) is 25.0. The Morgan fingerprint density at radius 3 is 2.09 bits per heavy atom. The van der Waals surface area contributed by atoms with E-state index in [2.05, 4.69) is 133 Å². The molecule has 0 amide bonds. The van der Waals surface area contributed by atoms with Crippen molar-refractivity contribution in [1.82, 2.24) is 0 Å². The van der Waals surface area contributed by atoms with Gasteiger partial charge in [-0.1, -0.05) is 127 Å². The van der Waals surface area contributed by atoms with Gasteiger partial charge in [0.15, 0.2) is 0 Å². The first-order valence-corrected chi connectivity index (χ1v) is 14.6. The lowest BCUT2D eigenvalue weighted by molar-refractivity contribution is 0.389. The van der Waals surface area contributed by atoms with Gasteiger partial charge in [0.05, 0.1) is 0 Å². The standard InChI is InChI=1S/C42H26O/c1-2-31-32-18-8-4-7-17-29(32)25-39(38(31)26-30-27-43-40-24-14-13-19-33(30)40)42-36-22-11-9-20-34(36)41(28-15-5-3-6-16-28)35-21-10-12-23-37(35)42/h1,3,5-7,9-17,19-26H,4,27H2/b30-26+. The van der Waals surface area contributed by atoms with Gasteiger partial charge < -0.3 is 4.74 Å². The normalized spacial score (nSPS) is 14.0. The summed E-state index contributed by atoms with van der Waals surface area (Å²) in [6.07, 6.45) is 13.6. The van der Waals surface area contributed by atoms with Gasteiger partial charge in [-0.2, -0.15) is 0 Å². The van der Waals surface area contributed by atoms with Crippen molar-refractivity contribution in [3.05, 3.63) is 143 Å². The van der Waals surface area contributed by atoms with E-state index in [-0.39, 0.29) is 0 Å². The predicted octanol–water partition coefficient (Wildman–Crippen LogP) is 10.0. The minimum Gasteiger partial charge on any atom is -0.488 e. The summed E-state index contributed by atoms with van der Waals surface area (Å²) in [5.41, 5.74) is 10.7. The molecule has 1 aliphatic carbocycles. The molecule has 200 valence electrons. The average Bonchev–Trinajstić information content (AvgIpc) is 3.32. The van der Waals surface area contributed by atoms with E-state index >= 15 is 0 Å². The van der Waals surface area contributed by atoms with E-state index in [1.807, 2.05) is 12.1 Å². The summed E-state index contributed by atoms with van der Waals surface area (Å²) in [6.45, 7) is 0.500. The fourth-order valence-electron chi connectivity index (χ4n) is 6.60. The van der Waals surface area contributed by atoms with Gasteiger partial charge in [-0.05, 0) is 73.1 Å². The minimum atomic E-state index is 0.500. The number of rotatable bonds is 3. The first-order valence-electron chi connectivity index (χ1n) is 14.6. The Morgan fingerprint density at radius 1 is 0.721 bits per heavy atom. The van der Waals surface area contributed by atoms with E-state index in [0.29, 0.717) is 13.0 Å². The summed E-state index contributed by atoms with van der Waals surface area (Å²) < 4.78 is 6.08. The summed E-state index contributed by atoms with van der Waals surface area (Å²) in [5, 5.41) is 4.80. The monoisotopic (exact) mass is 546 g/mol. The summed E-state index contributed by atoms with van der Waals surface area (Å²) in [5.74, 6) is 10.7. The highest BCUT2D eigenvalue weighted by Crippen LogP contribution is 2.47. The molecule has 0 radical (unpaired) electrons. The van der Waals surface area contributed by atoms with Gasteiger partial charge in [0.25, 0.3) is 0 Å². The van der Waals surface area contributed by atoms with E-state index in [1.54, 1.807) is 0 Å². The van der Waals surface area contributed by atoms with Crippen molar-refractivity contribution in [2.45, 2.75) is 6.42 Å². The number of fused-ring (bicyclic) bond motifs is 4. The molecule has 2 aliphatic rings. The van der Waals surface area contributed by atoms with Crippen molar-refractivity contribution in [1.29, 1.82) is 0 Å². The van der Waals surface area contributed by atoms with Crippen molar-refractivity contribution < 1.29 is 4.74 Å². The second-order valence-corrected chi connectivity index (χ2v) is 10.9. The molecule has 8 rings (SSSR count). The molecule has 1 heteroatoms. The zero-order chi connectivity index (χ0) is 28.8. The van der Waals surface area contributed by atoms with Crippen LogP contribution >= 0.6 is 0 Å². The smallest absolute Gasteiger partial charge is 0.127 e. The van der Waals surface area contributed by atoms with Crippen molar-refractivity contribution in [3.63, 3.8) is 0 Å². The maximum atomic E-state index is 6.36. The summed E-state index contributed by atoms with van der Waals surface area (Å²) in [6, 6.07) is 38.7. The van der Waals surface area contributed by atoms with Crippen molar-refractivity contribution in [3.8, 4) is 52.2 Å². The van der Waals surface area contributed by atoms with Crippen LogP contribution in [0.1, 0.15) is 34.2 Å². The Hall–Kier alpha value is -5.76. The lowest BCUT2D eigenvalue weighted by Gasteiger charge is -2.21. The molecule has 1 aliphatic heterocycles. The maximum absolute atomic E-state index is 6.36. The Morgan fingerprint density at radius 2 is 1.37 bits per heavy atom. The Kier molecular flexibility index (Phi) is 5.96. The number of para-hydroxylation sites is 1. The van der Waals surface area contributed by atoms with Crippen molar-refractivity contribution in [2.24, 2.45) is 0 Å². The number of allylic oxidation sites excluding steroid dienone is 1. The molecule has 0 bridgehead atoms. The van der Waals surface area contributed by atoms with Crippen LogP contribution < -0.4 is 4.74 Å². The van der Waals surface area contributed by atoms with Gasteiger partial charge in [-0.25, -0.2) is 0 Å². The van der Waals surface area contributed by atoms with E-state index in [9.17, 15) is 0 Å². The van der Waals surface area contributed by atoms with Gasteiger partial charge in [0, 0.05) is 28.7 Å². The molecule has 6 aromatic carbocycles. The molecule has 0 unspecified atom stereocenters. The fraction of sp³-hybridized carbons (Fsp3) is 0.0476. The summed E-state index contributed by atoms with van der Waals surface area (Å²) in [7, 11) is 0. The van der Waals surface area contributed by atoms with Crippen LogP contribution in [0.4, 0.5) is 0 Å². The highest BCUT2D eigenvalue weighted by atomic mass is 16.5. The van der Waals surface area contributed by atoms with E-state index in [0.717, 1.165) is 44.7 Å². The molecular formula is C42H26O. The van der Waals surface area contributed by atoms with Crippen LogP contribution in [0.3, 0.4) is 0 Å². The molecule has 0 N–H and O–H groups in total. The van der Waals surface area contributed by atoms with Crippen LogP contribution in [-0.4, -0.2) is 6.61 Å². The Balaban J connectivity index is 1.54. The SMILES string of the molecule is C#Cc1c2c(cc(-c3c4ccccc4c(-c4ccccc4)c4ccccc34)c1/C=C1\COc3ccccc31)C=CCC#C2. The average molecular weight is 547 g/mol. The van der Waals surface area contributed by atoms with E-state index < -0.39 is 0 Å². The number of terminal acetylenes is 1. The number of hydrogen-bond acceptors (Lipinski definition) is 1. The van der Waals surface area contributed by atoms with Crippen LogP contribution in [0.25, 0.3) is 61.5 Å². The third-order valence-electron chi connectivity index (χ3n) is 8.47. The maximum Gasteiger partial charge on any atom is 0.127 e. The molecule has 6 aromatic rings. The minimum absolute atomic E-state index is 0.500. The lowest BCUT2D eigenvalue weighted by atomic mass is 9.81. The highest BCUT2D eigenvalue weighted by molar-refractivity contribution is 6.22. The molecule has 0 atom stereocenters. The third kappa shape index (κ3) is 4.06. The number of benzene rings is 6. The molecular weight excluding hydrogens is 520 g/mol. The zero-order valence-electron chi connectivity index (χ0n) is 23.5. The second-order valence-electron chi connectivity index (χ2n) is 10.9. The van der Waals surface area contributed by atoms with Crippen LogP contribution in [0.5, 0.6) is 5.75 Å². The Labute approximate surface area is 251 Å². The summed E-state index contributed by atoms with van der Waals surface area (Å²) in [4.78, 5) is 0. The topological polar surface area (TPSA) is 9.23 Å². The van der Waals surface area contributed by atoms with Crippen LogP contribution in [0.15, 0.2) is 115 Å². The summed E-state index contributed by atoms with van der Waals surface area (Å²) >= 11 is 0. The first-order chi connectivity index (χ1) is 21.3. The molecule has 0 aromatic heterocycles. The second kappa shape index (κ2) is 10.3. The van der Waals surface area contributed by atoms with E-state index in [1.165, 1.54) is 38.2 Å². The molecule has 0 spiro atoms. The molecule has 1 nitrogen and oxygen atoms in total. The molecule has 1 heterocycles. The van der Waals surface area contributed by atoms with Gasteiger partial charge in [0.1, 0.15) is 12.4 Å². The Bertz CT molecular complexity index is 2210. The van der Waals surface area contributed by atoms with Crippen molar-refractivity contribution in [2.75, 3.05) is 6.61 Å². The van der Waals surface area contributed by atoms with Gasteiger partial charge in [-0.3, -0.25) is 0 Å². The van der Waals surface area contributed by atoms with Crippen LogP contribution in [0.2, 0.25) is 0 Å². The van der Waals surface area contributed by atoms with Gasteiger partial charge in [-0.15, -0.1) is 6.42 Å². The van der Waals surface area contributed by atoms with Gasteiger partial charge >= 0.3 is 0 Å². The van der Waals surface area contributed by atoms with E-state index in [4.69, 9.17) is 11.2 Å². The van der Waals surface area contributed by atoms with Crippen LogP contribution in [-0.2, 0) is 0 Å². The third-order valence-corrected chi connectivity index (χ3v) is 8.47. The van der Waals surface area contributed by atoms with Crippen molar-refractivity contribution >= 4 is 39.3 Å². The fourth-order valence-corrected chi connectivity index (χ4v) is 6.60. The quantitative estimate of drug-likeness (QED) is 0.159. The number of ether oxygens (including phenoxy) is 1. The molecule has 43 heavy (non-hydrogen) atoms. The highest BCUT2D eigenvalue weighted by Gasteiger charge is 2.24. The molecule has 0 fully saturated rings. The molecule has 0 saturated carbocycles.